The first-order valence-corrected chi connectivity index (χ1v) is 16.1. The highest BCUT2D eigenvalue weighted by Gasteiger charge is 2.47. The largest absolute Gasteiger partial charge is 0.472 e. The van der Waals surface area contributed by atoms with E-state index < -0.39 is 41.8 Å². The van der Waals surface area contributed by atoms with Gasteiger partial charge in [0.2, 0.25) is 12.3 Å². The van der Waals surface area contributed by atoms with Gasteiger partial charge in [-0.15, -0.1) is 0 Å². The molecule has 0 spiro atoms. The monoisotopic (exact) mass is 643 g/mol. The first-order valence-electron chi connectivity index (χ1n) is 16.1. The van der Waals surface area contributed by atoms with Gasteiger partial charge in [-0.2, -0.15) is 9.97 Å². The molecular formula is C32H37F4N7O3. The third-order valence-corrected chi connectivity index (χ3v) is 10.4. The third kappa shape index (κ3) is 4.82. The number of piperazine rings is 1. The number of alkyl halides is 2. The highest BCUT2D eigenvalue weighted by molar-refractivity contribution is 5.97. The fraction of sp³-hybridized carbons (Fsp3) is 0.594. The summed E-state index contributed by atoms with van der Waals surface area (Å²) in [6.07, 6.45) is -0.182. The lowest BCUT2D eigenvalue weighted by atomic mass is 9.94. The molecule has 10 nitrogen and oxygen atoms in total. The molecule has 2 aromatic heterocycles. The van der Waals surface area contributed by atoms with Gasteiger partial charge in [0.1, 0.15) is 35.1 Å². The Bertz CT molecular complexity index is 1700. The van der Waals surface area contributed by atoms with Gasteiger partial charge in [0.15, 0.2) is 11.6 Å². The van der Waals surface area contributed by atoms with Gasteiger partial charge in [0.25, 0.3) is 0 Å². The number of anilines is 2. The molecule has 46 heavy (non-hydrogen) atoms. The van der Waals surface area contributed by atoms with E-state index in [1.54, 1.807) is 0 Å². The van der Waals surface area contributed by atoms with Crippen molar-refractivity contribution in [2.45, 2.75) is 88.7 Å². The summed E-state index contributed by atoms with van der Waals surface area (Å²) in [5.74, 6) is -1.55. The lowest BCUT2D eigenvalue weighted by Crippen LogP contribution is -2.62. The molecular weight excluding hydrogens is 606 g/mol. The number of aryl methyl sites for hydroxylation is 1. The van der Waals surface area contributed by atoms with Crippen molar-refractivity contribution in [1.29, 1.82) is 0 Å². The minimum atomic E-state index is -2.81. The van der Waals surface area contributed by atoms with Gasteiger partial charge in [-0.25, -0.2) is 22.5 Å². The number of hydrogen-bond acceptors (Lipinski definition) is 10. The standard InChI is InChI=1S/C32H37F4N7O3/c1-14-9-20(37)25(35)23(19(14)10-22(33)34)27-26(36)28-24-30(41-32(40-28)45-13-18-5-4-17-12-44-8-7-42(17)18)43-11-16-3-6-21(38-16)29(43)15(2)46-31(24)39-27/h9,15-18,21-22,29,38H,3-8,10-13,37H2,1-2H3/t15-,16+,17-,18-,21-,29+/m0/s1. The molecule has 6 atom stereocenters. The predicted molar refractivity (Wildman–Crippen MR) is 163 cm³/mol. The van der Waals surface area contributed by atoms with Crippen LogP contribution in [0.1, 0.15) is 43.7 Å². The molecule has 0 amide bonds. The zero-order valence-corrected chi connectivity index (χ0v) is 25.7. The quantitative estimate of drug-likeness (QED) is 0.302. The molecule has 3 N–H and O–H groups in total. The Morgan fingerprint density at radius 2 is 1.98 bits per heavy atom. The molecule has 1 aromatic carbocycles. The summed E-state index contributed by atoms with van der Waals surface area (Å²) < 4.78 is 78.5. The number of morpholine rings is 1. The lowest BCUT2D eigenvalue weighted by Gasteiger charge is -2.42. The number of nitrogens with one attached hydrogen (secondary N) is 1. The summed E-state index contributed by atoms with van der Waals surface area (Å²) in [5.41, 5.74) is 4.80. The number of nitrogen functional groups attached to an aromatic ring is 1. The van der Waals surface area contributed by atoms with Crippen LogP contribution < -0.4 is 25.4 Å². The van der Waals surface area contributed by atoms with Crippen LogP contribution in [0.4, 0.5) is 29.1 Å². The molecule has 0 saturated carbocycles. The smallest absolute Gasteiger partial charge is 0.319 e. The molecule has 4 saturated heterocycles. The van der Waals surface area contributed by atoms with Crippen molar-refractivity contribution >= 4 is 22.4 Å². The van der Waals surface area contributed by atoms with Crippen LogP contribution in [-0.4, -0.2) is 95.5 Å². The van der Waals surface area contributed by atoms with E-state index in [-0.39, 0.29) is 58.2 Å². The molecule has 3 aromatic rings. The molecule has 7 heterocycles. The normalized spacial score (nSPS) is 28.7. The number of aromatic nitrogens is 3. The van der Waals surface area contributed by atoms with Crippen molar-refractivity contribution in [3.63, 3.8) is 0 Å². The highest BCUT2D eigenvalue weighted by atomic mass is 19.3. The molecule has 0 unspecified atom stereocenters. The van der Waals surface area contributed by atoms with Crippen molar-refractivity contribution in [3.8, 4) is 23.1 Å². The Morgan fingerprint density at radius 3 is 2.80 bits per heavy atom. The molecule has 246 valence electrons. The van der Waals surface area contributed by atoms with Gasteiger partial charge in [-0.3, -0.25) is 4.90 Å². The van der Waals surface area contributed by atoms with Crippen LogP contribution in [0, 0.1) is 18.6 Å². The Morgan fingerprint density at radius 1 is 1.13 bits per heavy atom. The van der Waals surface area contributed by atoms with E-state index >= 15 is 8.78 Å². The zero-order valence-electron chi connectivity index (χ0n) is 25.7. The number of rotatable bonds is 6. The lowest BCUT2D eigenvalue weighted by molar-refractivity contribution is -0.0101. The minimum Gasteiger partial charge on any atom is -0.472 e. The average Bonchev–Trinajstić information content (AvgIpc) is 3.59. The molecule has 5 aliphatic heterocycles. The van der Waals surface area contributed by atoms with Crippen LogP contribution in [0.15, 0.2) is 6.07 Å². The van der Waals surface area contributed by atoms with Gasteiger partial charge in [-0.05, 0) is 56.7 Å². The van der Waals surface area contributed by atoms with Gasteiger partial charge < -0.3 is 30.2 Å². The Kier molecular flexibility index (Phi) is 7.37. The second-order valence-electron chi connectivity index (χ2n) is 13.2. The summed E-state index contributed by atoms with van der Waals surface area (Å²) >= 11 is 0. The zero-order chi connectivity index (χ0) is 31.9. The summed E-state index contributed by atoms with van der Waals surface area (Å²) in [7, 11) is 0. The molecule has 4 fully saturated rings. The molecule has 0 aliphatic carbocycles. The van der Waals surface area contributed by atoms with Gasteiger partial charge >= 0.3 is 6.01 Å². The van der Waals surface area contributed by atoms with E-state index in [0.717, 1.165) is 32.2 Å². The van der Waals surface area contributed by atoms with Gasteiger partial charge in [-0.1, -0.05) is 0 Å². The third-order valence-electron chi connectivity index (χ3n) is 10.4. The highest BCUT2D eigenvalue weighted by Crippen LogP contribution is 2.45. The minimum absolute atomic E-state index is 0.0140. The Labute approximate surface area is 263 Å². The van der Waals surface area contributed by atoms with E-state index in [0.29, 0.717) is 43.8 Å². The summed E-state index contributed by atoms with van der Waals surface area (Å²) in [5, 5.41) is 3.91. The van der Waals surface area contributed by atoms with Gasteiger partial charge in [0, 0.05) is 49.2 Å². The predicted octanol–water partition coefficient (Wildman–Crippen LogP) is 4.00. The van der Waals surface area contributed by atoms with Crippen LogP contribution in [0.25, 0.3) is 22.2 Å². The molecule has 2 bridgehead atoms. The van der Waals surface area contributed by atoms with Crippen LogP contribution in [0.5, 0.6) is 11.9 Å². The first kappa shape index (κ1) is 29.9. The number of ether oxygens (including phenoxy) is 3. The fourth-order valence-corrected chi connectivity index (χ4v) is 8.34. The van der Waals surface area contributed by atoms with Crippen molar-refractivity contribution in [2.24, 2.45) is 0 Å². The second-order valence-corrected chi connectivity index (χ2v) is 13.2. The number of benzene rings is 1. The number of nitrogens with two attached hydrogens (primary N) is 1. The number of hydrogen-bond donors (Lipinski definition) is 2. The second kappa shape index (κ2) is 11.3. The molecule has 0 radical (unpaired) electrons. The molecule has 8 rings (SSSR count). The van der Waals surface area contributed by atoms with Crippen molar-refractivity contribution < 1.29 is 31.8 Å². The fourth-order valence-electron chi connectivity index (χ4n) is 8.34. The van der Waals surface area contributed by atoms with E-state index in [2.05, 4.69) is 25.1 Å². The van der Waals surface area contributed by atoms with Crippen LogP contribution in [-0.2, 0) is 11.2 Å². The Balaban J connectivity index is 1.29. The van der Waals surface area contributed by atoms with Gasteiger partial charge in [0.05, 0.1) is 24.9 Å². The summed E-state index contributed by atoms with van der Waals surface area (Å²) in [6.45, 7) is 6.53. The SMILES string of the molecule is Cc1cc(N)c(F)c(-c2nc3c4c(nc(OC[C@@H]5CC[C@H]6COCCN65)nc4c2F)N2C[C@H]4CC[C@H](N4)[C@H]2[C@H](C)O3)c1CC(F)F. The van der Waals surface area contributed by atoms with E-state index in [4.69, 9.17) is 24.9 Å². The van der Waals surface area contributed by atoms with Crippen molar-refractivity contribution in [3.05, 3.63) is 28.8 Å². The van der Waals surface area contributed by atoms with Crippen LogP contribution in [0.3, 0.4) is 0 Å². The summed E-state index contributed by atoms with van der Waals surface area (Å²) in [6, 6.07) is 1.90. The van der Waals surface area contributed by atoms with Crippen LogP contribution in [0.2, 0.25) is 0 Å². The number of pyridine rings is 1. The number of fused-ring (bicyclic) bond motifs is 6. The topological polar surface area (TPSA) is 111 Å². The maximum atomic E-state index is 16.9. The first-order chi connectivity index (χ1) is 22.2. The molecule has 14 heteroatoms. The van der Waals surface area contributed by atoms with Crippen molar-refractivity contribution in [2.75, 3.05) is 43.5 Å². The maximum Gasteiger partial charge on any atom is 0.319 e. The molecule has 5 aliphatic rings. The van der Waals surface area contributed by atoms with E-state index in [1.165, 1.54) is 13.0 Å². The van der Waals surface area contributed by atoms with Crippen LogP contribution >= 0.6 is 0 Å². The summed E-state index contributed by atoms with van der Waals surface area (Å²) in [4.78, 5) is 18.4. The van der Waals surface area contributed by atoms with E-state index in [1.807, 2.05) is 6.92 Å². The van der Waals surface area contributed by atoms with E-state index in [9.17, 15) is 8.78 Å². The Hall–Kier alpha value is -3.49. The number of halogens is 4. The average molecular weight is 644 g/mol. The maximum absolute atomic E-state index is 16.9. The number of nitrogens with zero attached hydrogens (tertiary/aromatic N) is 5. The van der Waals surface area contributed by atoms with Crippen molar-refractivity contribution in [1.82, 2.24) is 25.2 Å².